The molecule has 0 bridgehead atoms. The van der Waals surface area contributed by atoms with E-state index in [-0.39, 0.29) is 42.5 Å². The van der Waals surface area contributed by atoms with E-state index in [1.54, 1.807) is 0 Å². The third-order valence-corrected chi connectivity index (χ3v) is 5.30. The molecule has 0 aromatic carbocycles. The van der Waals surface area contributed by atoms with Gasteiger partial charge in [-0.25, -0.2) is 9.78 Å². The maximum absolute atomic E-state index is 11.6. The van der Waals surface area contributed by atoms with Gasteiger partial charge in [0, 0.05) is 50.7 Å². The SMILES string of the molecule is CCNC(=NCCN1C(=O)CNC1=O)N1CCN(c2nc(CC)ns2)CC1.I. The third kappa shape index (κ3) is 5.43. The first-order chi connectivity index (χ1) is 13.1. The quantitative estimate of drug-likeness (QED) is 0.241. The average molecular weight is 522 g/mol. The highest BCUT2D eigenvalue weighted by Gasteiger charge is 2.28. The number of nitrogens with zero attached hydrogens (tertiary/aromatic N) is 6. The number of hydrogen-bond acceptors (Lipinski definition) is 7. The van der Waals surface area contributed by atoms with Crippen LogP contribution in [-0.4, -0.2) is 89.4 Å². The number of aromatic nitrogens is 2. The van der Waals surface area contributed by atoms with Crippen LogP contribution in [0.4, 0.5) is 9.93 Å². The van der Waals surface area contributed by atoms with Gasteiger partial charge in [0.05, 0.1) is 19.6 Å². The third-order valence-electron chi connectivity index (χ3n) is 4.48. The van der Waals surface area contributed by atoms with Crippen molar-refractivity contribution < 1.29 is 9.59 Å². The van der Waals surface area contributed by atoms with Crippen molar-refractivity contribution in [2.45, 2.75) is 20.3 Å². The molecular weight excluding hydrogens is 495 g/mol. The Labute approximate surface area is 185 Å². The molecular formula is C16H27IN8O2S. The topological polar surface area (TPSA) is 106 Å². The lowest BCUT2D eigenvalue weighted by Crippen LogP contribution is -2.52. The van der Waals surface area contributed by atoms with Crippen LogP contribution < -0.4 is 15.5 Å². The predicted octanol–water partition coefficient (Wildman–Crippen LogP) is 0.358. The maximum Gasteiger partial charge on any atom is 0.324 e. The zero-order valence-electron chi connectivity index (χ0n) is 16.2. The second kappa shape index (κ2) is 10.7. The minimum absolute atomic E-state index is 0. The lowest BCUT2D eigenvalue weighted by atomic mass is 10.3. The van der Waals surface area contributed by atoms with Crippen LogP contribution in [0.1, 0.15) is 19.7 Å². The predicted molar refractivity (Wildman–Crippen MR) is 120 cm³/mol. The van der Waals surface area contributed by atoms with Crippen LogP contribution in [0.2, 0.25) is 0 Å². The van der Waals surface area contributed by atoms with Gasteiger partial charge in [0.15, 0.2) is 5.96 Å². The standard InChI is InChI=1S/C16H26N8O2S.HI/c1-3-12-20-16(27-21-12)23-9-7-22(8-10-23)14(17-4-2)18-5-6-24-13(25)11-19-15(24)26;/h3-11H2,1-2H3,(H,17,18)(H,19,26);1H. The summed E-state index contributed by atoms with van der Waals surface area (Å²) in [6, 6.07) is -0.336. The highest BCUT2D eigenvalue weighted by atomic mass is 127. The Morgan fingerprint density at radius 3 is 2.57 bits per heavy atom. The van der Waals surface area contributed by atoms with Gasteiger partial charge in [-0.05, 0) is 6.92 Å². The van der Waals surface area contributed by atoms with Crippen LogP contribution in [0.15, 0.2) is 4.99 Å². The normalized spacial score (nSPS) is 17.6. The van der Waals surface area contributed by atoms with E-state index < -0.39 is 0 Å². The molecule has 3 heterocycles. The fraction of sp³-hybridized carbons (Fsp3) is 0.688. The summed E-state index contributed by atoms with van der Waals surface area (Å²) < 4.78 is 4.36. The smallest absolute Gasteiger partial charge is 0.324 e. The van der Waals surface area contributed by atoms with Gasteiger partial charge >= 0.3 is 6.03 Å². The number of anilines is 1. The summed E-state index contributed by atoms with van der Waals surface area (Å²) in [5.41, 5.74) is 0. The van der Waals surface area contributed by atoms with E-state index in [0.717, 1.165) is 56.1 Å². The number of carbonyl (C=O) groups is 2. The fourth-order valence-electron chi connectivity index (χ4n) is 2.99. The van der Waals surface area contributed by atoms with Crippen LogP contribution in [0.3, 0.4) is 0 Å². The number of aliphatic imine (C=N–C) groups is 1. The van der Waals surface area contributed by atoms with Crippen molar-refractivity contribution in [2.75, 3.05) is 57.3 Å². The molecule has 2 aliphatic heterocycles. The molecule has 0 aliphatic carbocycles. The van der Waals surface area contributed by atoms with Crippen molar-refractivity contribution in [3.8, 4) is 0 Å². The molecule has 12 heteroatoms. The lowest BCUT2D eigenvalue weighted by molar-refractivity contribution is -0.124. The zero-order valence-corrected chi connectivity index (χ0v) is 19.3. The van der Waals surface area contributed by atoms with Crippen molar-refractivity contribution in [1.82, 2.24) is 29.8 Å². The van der Waals surface area contributed by atoms with Gasteiger partial charge in [-0.15, -0.1) is 24.0 Å². The van der Waals surface area contributed by atoms with Crippen molar-refractivity contribution in [3.63, 3.8) is 0 Å². The van der Waals surface area contributed by atoms with Crippen molar-refractivity contribution in [1.29, 1.82) is 0 Å². The summed E-state index contributed by atoms with van der Waals surface area (Å²) in [4.78, 5) is 38.0. The monoisotopic (exact) mass is 522 g/mol. The summed E-state index contributed by atoms with van der Waals surface area (Å²) >= 11 is 1.45. The Bertz CT molecular complexity index is 689. The Hall–Kier alpha value is -1.70. The van der Waals surface area contributed by atoms with Crippen LogP contribution in [0, 0.1) is 0 Å². The van der Waals surface area contributed by atoms with Crippen molar-refractivity contribution in [3.05, 3.63) is 5.82 Å². The first-order valence-corrected chi connectivity index (χ1v) is 10.1. The number of carbonyl (C=O) groups excluding carboxylic acids is 2. The molecule has 28 heavy (non-hydrogen) atoms. The first kappa shape index (κ1) is 22.6. The van der Waals surface area contributed by atoms with E-state index in [2.05, 4.69) is 41.7 Å². The zero-order chi connectivity index (χ0) is 19.2. The number of nitrogens with one attached hydrogen (secondary N) is 2. The number of imide groups is 1. The molecule has 1 aromatic heterocycles. The van der Waals surface area contributed by atoms with Gasteiger partial charge in [0.1, 0.15) is 5.82 Å². The van der Waals surface area contributed by atoms with Gasteiger partial charge in [-0.1, -0.05) is 6.92 Å². The molecule has 2 saturated heterocycles. The number of piperazine rings is 1. The minimum Gasteiger partial charge on any atom is -0.357 e. The number of guanidine groups is 1. The van der Waals surface area contributed by atoms with Crippen LogP contribution in [-0.2, 0) is 11.2 Å². The minimum atomic E-state index is -0.336. The number of urea groups is 1. The number of halogens is 1. The molecule has 0 unspecified atom stereocenters. The van der Waals surface area contributed by atoms with Gasteiger partial charge in [0.25, 0.3) is 0 Å². The number of amides is 3. The Morgan fingerprint density at radius 1 is 1.25 bits per heavy atom. The average Bonchev–Trinajstić information content (AvgIpc) is 3.29. The Balaban J connectivity index is 0.00000280. The molecule has 3 amide bonds. The van der Waals surface area contributed by atoms with Crippen LogP contribution >= 0.6 is 35.5 Å². The molecule has 0 spiro atoms. The largest absolute Gasteiger partial charge is 0.357 e. The lowest BCUT2D eigenvalue weighted by Gasteiger charge is -2.36. The summed E-state index contributed by atoms with van der Waals surface area (Å²) in [5, 5.41) is 6.79. The molecule has 1 aromatic rings. The molecule has 3 rings (SSSR count). The highest BCUT2D eigenvalue weighted by molar-refractivity contribution is 14.0. The van der Waals surface area contributed by atoms with Crippen molar-refractivity contribution in [2.24, 2.45) is 4.99 Å². The van der Waals surface area contributed by atoms with E-state index in [4.69, 9.17) is 0 Å². The first-order valence-electron chi connectivity index (χ1n) is 9.31. The molecule has 0 radical (unpaired) electrons. The molecule has 2 N–H and O–H groups in total. The second-order valence-electron chi connectivity index (χ2n) is 6.26. The second-order valence-corrected chi connectivity index (χ2v) is 6.99. The van der Waals surface area contributed by atoms with Crippen molar-refractivity contribution >= 4 is 58.5 Å². The maximum atomic E-state index is 11.6. The molecule has 10 nitrogen and oxygen atoms in total. The van der Waals surface area contributed by atoms with E-state index in [1.165, 1.54) is 16.4 Å². The fourth-order valence-corrected chi connectivity index (χ4v) is 3.79. The van der Waals surface area contributed by atoms with Gasteiger partial charge < -0.3 is 20.4 Å². The number of aryl methyl sites for hydroxylation is 1. The van der Waals surface area contributed by atoms with Crippen LogP contribution in [0.5, 0.6) is 0 Å². The highest BCUT2D eigenvalue weighted by Crippen LogP contribution is 2.19. The van der Waals surface area contributed by atoms with E-state index in [9.17, 15) is 9.59 Å². The molecule has 2 aliphatic rings. The summed E-state index contributed by atoms with van der Waals surface area (Å²) in [7, 11) is 0. The van der Waals surface area contributed by atoms with E-state index in [1.807, 2.05) is 6.92 Å². The molecule has 2 fully saturated rings. The summed E-state index contributed by atoms with van der Waals surface area (Å²) in [5.74, 6) is 1.51. The number of rotatable bonds is 6. The molecule has 156 valence electrons. The van der Waals surface area contributed by atoms with E-state index in [0.29, 0.717) is 13.1 Å². The van der Waals surface area contributed by atoms with Crippen LogP contribution in [0.25, 0.3) is 0 Å². The summed E-state index contributed by atoms with van der Waals surface area (Å²) in [6.07, 6.45) is 0.852. The van der Waals surface area contributed by atoms with Gasteiger partial charge in [-0.2, -0.15) is 4.37 Å². The Kier molecular flexibility index (Phi) is 8.66. The number of hydrogen-bond donors (Lipinski definition) is 2. The van der Waals surface area contributed by atoms with E-state index >= 15 is 0 Å². The molecule has 0 atom stereocenters. The van der Waals surface area contributed by atoms with Gasteiger partial charge in [0.2, 0.25) is 11.0 Å². The summed E-state index contributed by atoms with van der Waals surface area (Å²) in [6.45, 7) is 8.98. The Morgan fingerprint density at radius 2 is 2.00 bits per heavy atom. The molecule has 0 saturated carbocycles. The van der Waals surface area contributed by atoms with Gasteiger partial charge in [-0.3, -0.25) is 14.7 Å².